The van der Waals surface area contributed by atoms with Crippen molar-refractivity contribution in [1.29, 1.82) is 0 Å². The lowest BCUT2D eigenvalue weighted by Crippen LogP contribution is -2.28. The van der Waals surface area contributed by atoms with E-state index in [9.17, 15) is 4.79 Å². The first kappa shape index (κ1) is 12.4. The second-order valence-corrected chi connectivity index (χ2v) is 3.58. The zero-order valence-electron chi connectivity index (χ0n) is 8.42. The minimum atomic E-state index is 0.135. The van der Waals surface area contributed by atoms with Crippen LogP contribution in [0.4, 0.5) is 0 Å². The van der Waals surface area contributed by atoms with Crippen LogP contribution < -0.4 is 11.1 Å². The number of hydrogen-bond acceptors (Lipinski definition) is 4. The van der Waals surface area contributed by atoms with Crippen LogP contribution >= 0.6 is 12.6 Å². The number of Topliss-reactive ketones (excluding diaryl/α,β-unsaturated/α-hetero) is 1. The molecule has 0 aromatic heterocycles. The Hall–Kier alpha value is -0.640. The number of carbonyl (C=O) groups excluding carboxylic acids is 1. The van der Waals surface area contributed by atoms with Gasteiger partial charge in [0.15, 0.2) is 0 Å². The first-order valence-corrected chi connectivity index (χ1v) is 4.92. The van der Waals surface area contributed by atoms with E-state index in [1.807, 2.05) is 13.8 Å². The molecule has 0 saturated heterocycles. The summed E-state index contributed by atoms with van der Waals surface area (Å²) in [4.78, 5) is 10.8. The lowest BCUT2D eigenvalue weighted by Gasteiger charge is -2.15. The van der Waals surface area contributed by atoms with Crippen LogP contribution in [-0.4, -0.2) is 17.6 Å². The number of ketones is 1. The molecule has 0 rings (SSSR count). The predicted octanol–water partition coefficient (Wildman–Crippen LogP) is 1.06. The summed E-state index contributed by atoms with van der Waals surface area (Å²) in [5.74, 6) is 0.711. The van der Waals surface area contributed by atoms with E-state index in [0.717, 1.165) is 11.4 Å². The summed E-state index contributed by atoms with van der Waals surface area (Å²) in [7, 11) is 0. The van der Waals surface area contributed by atoms with Gasteiger partial charge in [0.05, 0.1) is 0 Å². The lowest BCUT2D eigenvalue weighted by atomic mass is 10.2. The van der Waals surface area contributed by atoms with Gasteiger partial charge in [-0.1, -0.05) is 0 Å². The molecule has 4 heteroatoms. The smallest absolute Gasteiger partial charge is 0.131 e. The van der Waals surface area contributed by atoms with Crippen molar-refractivity contribution in [1.82, 2.24) is 5.32 Å². The monoisotopic (exact) mass is 202 g/mol. The van der Waals surface area contributed by atoms with Gasteiger partial charge in [0.1, 0.15) is 5.78 Å². The molecule has 3 N–H and O–H groups in total. The van der Waals surface area contributed by atoms with E-state index in [1.54, 1.807) is 6.92 Å². The van der Waals surface area contributed by atoms with Gasteiger partial charge < -0.3 is 11.1 Å². The first-order valence-electron chi connectivity index (χ1n) is 4.29. The van der Waals surface area contributed by atoms with Gasteiger partial charge in [-0.05, 0) is 20.8 Å². The summed E-state index contributed by atoms with van der Waals surface area (Å²) in [5, 5.41) is 3.15. The Balaban J connectivity index is 4.05. The molecule has 3 nitrogen and oxygen atoms in total. The van der Waals surface area contributed by atoms with Crippen LogP contribution in [0.1, 0.15) is 27.2 Å². The van der Waals surface area contributed by atoms with Gasteiger partial charge in [-0.25, -0.2) is 0 Å². The maximum Gasteiger partial charge on any atom is 0.131 e. The second-order valence-electron chi connectivity index (χ2n) is 3.26. The molecule has 0 bridgehead atoms. The Labute approximate surface area is 85.2 Å². The zero-order chi connectivity index (χ0) is 10.4. The molecule has 1 atom stereocenters. The molecule has 0 radical (unpaired) electrons. The van der Waals surface area contributed by atoms with Crippen LogP contribution in [0.2, 0.25) is 0 Å². The van der Waals surface area contributed by atoms with Crippen molar-refractivity contribution in [3.8, 4) is 0 Å². The third-order valence-corrected chi connectivity index (χ3v) is 2.05. The summed E-state index contributed by atoms with van der Waals surface area (Å²) in [6.07, 6.45) is 0.525. The number of rotatable bonds is 5. The first-order chi connectivity index (χ1) is 5.97. The van der Waals surface area contributed by atoms with E-state index in [-0.39, 0.29) is 11.8 Å². The van der Waals surface area contributed by atoms with Crippen LogP contribution in [0.25, 0.3) is 0 Å². The summed E-state index contributed by atoms with van der Waals surface area (Å²) in [6.45, 7) is 5.43. The predicted molar refractivity (Wildman–Crippen MR) is 58.6 cm³/mol. The number of nitrogens with two attached hydrogens (primary N) is 1. The van der Waals surface area contributed by atoms with Crippen molar-refractivity contribution in [3.63, 3.8) is 0 Å². The summed E-state index contributed by atoms with van der Waals surface area (Å²) in [6, 6.07) is 0.135. The van der Waals surface area contributed by atoms with Crippen LogP contribution in [-0.2, 0) is 4.79 Å². The van der Waals surface area contributed by atoms with E-state index < -0.39 is 0 Å². The van der Waals surface area contributed by atoms with Gasteiger partial charge >= 0.3 is 0 Å². The molecule has 76 valence electrons. The molecule has 0 aromatic carbocycles. The SMILES string of the molecule is CC(=O)CC(C)N/C(C)=C(/N)CS. The van der Waals surface area contributed by atoms with Crippen molar-refractivity contribution in [3.05, 3.63) is 11.4 Å². The van der Waals surface area contributed by atoms with Crippen LogP contribution in [0.15, 0.2) is 11.4 Å². The van der Waals surface area contributed by atoms with Crippen molar-refractivity contribution < 1.29 is 4.79 Å². The molecule has 0 heterocycles. The summed E-state index contributed by atoms with van der Waals surface area (Å²) in [5.41, 5.74) is 7.28. The van der Waals surface area contributed by atoms with Gasteiger partial charge in [0.2, 0.25) is 0 Å². The van der Waals surface area contributed by atoms with Gasteiger partial charge in [0.25, 0.3) is 0 Å². The fourth-order valence-electron chi connectivity index (χ4n) is 1.06. The Bertz CT molecular complexity index is 214. The standard InChI is InChI=1S/C9H18N2OS/c1-6(4-7(2)12)11-8(3)9(10)5-13/h6,11,13H,4-5,10H2,1-3H3/b9-8+. The Morgan fingerprint density at radius 1 is 1.54 bits per heavy atom. The molecule has 0 aliphatic heterocycles. The highest BCUT2D eigenvalue weighted by Crippen LogP contribution is 2.00. The Morgan fingerprint density at radius 2 is 2.08 bits per heavy atom. The van der Waals surface area contributed by atoms with E-state index >= 15 is 0 Å². The van der Waals surface area contributed by atoms with Crippen molar-refractivity contribution in [2.24, 2.45) is 5.73 Å². The quantitative estimate of drug-likeness (QED) is 0.584. The summed E-state index contributed by atoms with van der Waals surface area (Å²) >= 11 is 4.06. The lowest BCUT2D eigenvalue weighted by molar-refractivity contribution is -0.117. The van der Waals surface area contributed by atoms with E-state index in [2.05, 4.69) is 17.9 Å². The number of nitrogens with one attached hydrogen (secondary N) is 1. The second kappa shape index (κ2) is 5.91. The molecule has 0 fully saturated rings. The van der Waals surface area contributed by atoms with E-state index in [0.29, 0.717) is 12.2 Å². The number of thiol groups is 1. The minimum Gasteiger partial charge on any atom is -0.400 e. The van der Waals surface area contributed by atoms with Gasteiger partial charge in [-0.15, -0.1) is 0 Å². The fraction of sp³-hybridized carbons (Fsp3) is 0.667. The fourth-order valence-corrected chi connectivity index (χ4v) is 1.30. The van der Waals surface area contributed by atoms with Crippen molar-refractivity contribution in [2.45, 2.75) is 33.2 Å². The molecular formula is C9H18N2OS. The van der Waals surface area contributed by atoms with Crippen LogP contribution in [0.3, 0.4) is 0 Å². The molecule has 0 spiro atoms. The number of allylic oxidation sites excluding steroid dienone is 1. The van der Waals surface area contributed by atoms with Gasteiger partial charge in [-0.3, -0.25) is 4.79 Å². The van der Waals surface area contributed by atoms with Crippen molar-refractivity contribution >= 4 is 18.4 Å². The molecule has 0 aromatic rings. The van der Waals surface area contributed by atoms with Crippen molar-refractivity contribution in [2.75, 3.05) is 5.75 Å². The largest absolute Gasteiger partial charge is 0.400 e. The Kier molecular flexibility index (Phi) is 5.62. The zero-order valence-corrected chi connectivity index (χ0v) is 9.32. The maximum absolute atomic E-state index is 10.8. The highest BCUT2D eigenvalue weighted by Gasteiger charge is 2.05. The van der Waals surface area contributed by atoms with Gasteiger partial charge in [0, 0.05) is 29.6 Å². The van der Waals surface area contributed by atoms with Crippen LogP contribution in [0.5, 0.6) is 0 Å². The average molecular weight is 202 g/mol. The van der Waals surface area contributed by atoms with E-state index in [4.69, 9.17) is 5.73 Å². The molecule has 0 saturated carbocycles. The molecule has 13 heavy (non-hydrogen) atoms. The summed E-state index contributed by atoms with van der Waals surface area (Å²) < 4.78 is 0. The normalized spacial score (nSPS) is 14.8. The number of carbonyl (C=O) groups is 1. The maximum atomic E-state index is 10.8. The Morgan fingerprint density at radius 3 is 2.46 bits per heavy atom. The number of hydrogen-bond donors (Lipinski definition) is 3. The minimum absolute atomic E-state index is 0.135. The molecule has 0 aliphatic carbocycles. The highest BCUT2D eigenvalue weighted by atomic mass is 32.1. The third-order valence-electron chi connectivity index (χ3n) is 1.71. The molecule has 1 unspecified atom stereocenters. The molecular weight excluding hydrogens is 184 g/mol. The highest BCUT2D eigenvalue weighted by molar-refractivity contribution is 7.80. The average Bonchev–Trinajstić information content (AvgIpc) is 2.01. The van der Waals surface area contributed by atoms with Crippen LogP contribution in [0, 0.1) is 0 Å². The third kappa shape index (κ3) is 5.58. The van der Waals surface area contributed by atoms with E-state index in [1.165, 1.54) is 0 Å². The van der Waals surface area contributed by atoms with Gasteiger partial charge in [-0.2, -0.15) is 12.6 Å². The molecule has 0 amide bonds. The topological polar surface area (TPSA) is 55.1 Å². The molecule has 0 aliphatic rings.